The predicted molar refractivity (Wildman–Crippen MR) is 101 cm³/mol. The highest BCUT2D eigenvalue weighted by Crippen LogP contribution is 2.35. The maximum Gasteiger partial charge on any atom is 0.419 e. The molecule has 0 radical (unpaired) electrons. The average molecular weight is 421 g/mol. The Hall–Kier alpha value is -3.30. The number of rotatable bonds is 3. The zero-order chi connectivity index (χ0) is 21.3. The molecule has 0 unspecified atom stereocenters. The van der Waals surface area contributed by atoms with Crippen molar-refractivity contribution in [2.75, 3.05) is 36.0 Å². The average Bonchev–Trinajstić information content (AvgIpc) is 2.75. The fraction of sp³-hybridized carbons (Fsp3) is 0.250. The van der Waals surface area contributed by atoms with Crippen molar-refractivity contribution in [3.63, 3.8) is 0 Å². The number of aromatic nitrogens is 3. The molecule has 1 saturated heterocycles. The Morgan fingerprint density at radius 2 is 1.53 bits per heavy atom. The van der Waals surface area contributed by atoms with E-state index in [0.29, 0.717) is 43.3 Å². The van der Waals surface area contributed by atoms with E-state index in [2.05, 4.69) is 15.0 Å². The Bertz CT molecular complexity index is 1050. The van der Waals surface area contributed by atoms with Gasteiger partial charge < -0.3 is 9.80 Å². The third-order valence-corrected chi connectivity index (χ3v) is 4.86. The molecular formula is C20H16F5N5. The number of anilines is 2. The number of halogens is 5. The van der Waals surface area contributed by atoms with E-state index >= 15 is 0 Å². The van der Waals surface area contributed by atoms with Gasteiger partial charge in [-0.05, 0) is 30.3 Å². The highest BCUT2D eigenvalue weighted by molar-refractivity contribution is 5.63. The van der Waals surface area contributed by atoms with Gasteiger partial charge in [0, 0.05) is 44.0 Å². The summed E-state index contributed by atoms with van der Waals surface area (Å²) in [7, 11) is 0. The van der Waals surface area contributed by atoms with Crippen LogP contribution in [0.25, 0.3) is 11.3 Å². The second-order valence-corrected chi connectivity index (χ2v) is 6.74. The molecule has 5 nitrogen and oxygen atoms in total. The van der Waals surface area contributed by atoms with Crippen LogP contribution in [-0.2, 0) is 6.18 Å². The quantitative estimate of drug-likeness (QED) is 0.595. The van der Waals surface area contributed by atoms with Gasteiger partial charge in [0.25, 0.3) is 0 Å². The highest BCUT2D eigenvalue weighted by Gasteiger charge is 2.36. The zero-order valence-corrected chi connectivity index (χ0v) is 15.6. The van der Waals surface area contributed by atoms with Gasteiger partial charge >= 0.3 is 6.18 Å². The van der Waals surface area contributed by atoms with Crippen molar-refractivity contribution in [1.29, 1.82) is 0 Å². The smallest absolute Gasteiger partial charge is 0.353 e. The Labute approximate surface area is 168 Å². The Kier molecular flexibility index (Phi) is 5.23. The molecule has 4 rings (SSSR count). The van der Waals surface area contributed by atoms with E-state index in [1.807, 2.05) is 4.90 Å². The summed E-state index contributed by atoms with van der Waals surface area (Å²) in [5.74, 6) is -1.45. The molecule has 2 aromatic heterocycles. The molecule has 10 heteroatoms. The van der Waals surface area contributed by atoms with Gasteiger partial charge in [0.05, 0.1) is 11.3 Å². The van der Waals surface area contributed by atoms with E-state index in [-0.39, 0.29) is 5.82 Å². The van der Waals surface area contributed by atoms with Crippen LogP contribution in [-0.4, -0.2) is 41.1 Å². The van der Waals surface area contributed by atoms with E-state index in [0.717, 1.165) is 18.2 Å². The van der Waals surface area contributed by atoms with Crippen LogP contribution in [0, 0.1) is 11.6 Å². The van der Waals surface area contributed by atoms with Gasteiger partial charge in [-0.3, -0.25) is 0 Å². The van der Waals surface area contributed by atoms with E-state index in [1.54, 1.807) is 11.0 Å². The topological polar surface area (TPSA) is 45.2 Å². The number of piperazine rings is 1. The molecule has 156 valence electrons. The van der Waals surface area contributed by atoms with E-state index < -0.39 is 23.4 Å². The van der Waals surface area contributed by atoms with E-state index in [1.165, 1.54) is 24.7 Å². The minimum Gasteiger partial charge on any atom is -0.353 e. The van der Waals surface area contributed by atoms with Crippen molar-refractivity contribution in [2.45, 2.75) is 6.18 Å². The van der Waals surface area contributed by atoms with Gasteiger partial charge in [0.15, 0.2) is 11.6 Å². The normalized spacial score (nSPS) is 14.8. The lowest BCUT2D eigenvalue weighted by Crippen LogP contribution is -2.47. The minimum atomic E-state index is -4.48. The Morgan fingerprint density at radius 3 is 2.23 bits per heavy atom. The Morgan fingerprint density at radius 1 is 0.800 bits per heavy atom. The molecule has 3 aromatic rings. The summed E-state index contributed by atoms with van der Waals surface area (Å²) in [6.45, 7) is 1.49. The van der Waals surface area contributed by atoms with Gasteiger partial charge in [-0.25, -0.2) is 23.7 Å². The number of benzene rings is 1. The summed E-state index contributed by atoms with van der Waals surface area (Å²) in [5.41, 5.74) is 0.0611. The summed E-state index contributed by atoms with van der Waals surface area (Å²) in [4.78, 5) is 15.7. The third-order valence-electron chi connectivity index (χ3n) is 4.86. The number of nitrogens with zero attached hydrogens (tertiary/aromatic N) is 5. The van der Waals surface area contributed by atoms with Crippen LogP contribution in [0.3, 0.4) is 0 Å². The molecule has 3 heterocycles. The molecule has 1 aliphatic rings. The molecule has 0 N–H and O–H groups in total. The summed E-state index contributed by atoms with van der Waals surface area (Å²) in [6, 6.07) is 7.43. The molecule has 0 spiro atoms. The fourth-order valence-electron chi connectivity index (χ4n) is 3.35. The fourth-order valence-corrected chi connectivity index (χ4v) is 3.35. The highest BCUT2D eigenvalue weighted by atomic mass is 19.4. The molecule has 0 bridgehead atoms. The number of hydrogen-bond donors (Lipinski definition) is 0. The lowest BCUT2D eigenvalue weighted by Gasteiger charge is -2.36. The molecular weight excluding hydrogens is 405 g/mol. The molecule has 0 amide bonds. The molecule has 1 fully saturated rings. The number of pyridine rings is 1. The van der Waals surface area contributed by atoms with Gasteiger partial charge in [-0.1, -0.05) is 0 Å². The summed E-state index contributed by atoms with van der Waals surface area (Å²) >= 11 is 0. The monoisotopic (exact) mass is 421 g/mol. The summed E-state index contributed by atoms with van der Waals surface area (Å²) < 4.78 is 66.5. The maximum atomic E-state index is 13.5. The first kappa shape index (κ1) is 20.0. The van der Waals surface area contributed by atoms with Crippen LogP contribution >= 0.6 is 0 Å². The SMILES string of the molecule is Fc1ccc(-c2cc(N3CCN(c4ncccc4C(F)(F)F)CC3)ncn2)cc1F. The lowest BCUT2D eigenvalue weighted by atomic mass is 10.1. The van der Waals surface area contributed by atoms with Crippen molar-refractivity contribution >= 4 is 11.6 Å². The molecule has 1 aromatic carbocycles. The second kappa shape index (κ2) is 7.85. The first-order valence-corrected chi connectivity index (χ1v) is 9.12. The third kappa shape index (κ3) is 4.03. The van der Waals surface area contributed by atoms with Crippen molar-refractivity contribution in [3.05, 3.63) is 66.1 Å². The minimum absolute atomic E-state index is 0.0881. The van der Waals surface area contributed by atoms with Gasteiger partial charge in [-0.15, -0.1) is 0 Å². The van der Waals surface area contributed by atoms with Gasteiger partial charge in [0.1, 0.15) is 18.0 Å². The Balaban J connectivity index is 1.51. The number of alkyl halides is 3. The molecule has 0 saturated carbocycles. The van der Waals surface area contributed by atoms with Crippen LogP contribution in [0.1, 0.15) is 5.56 Å². The van der Waals surface area contributed by atoms with Crippen molar-refractivity contribution < 1.29 is 22.0 Å². The largest absolute Gasteiger partial charge is 0.419 e. The molecule has 30 heavy (non-hydrogen) atoms. The van der Waals surface area contributed by atoms with Crippen molar-refractivity contribution in [1.82, 2.24) is 15.0 Å². The van der Waals surface area contributed by atoms with Crippen LogP contribution in [0.15, 0.2) is 48.9 Å². The second-order valence-electron chi connectivity index (χ2n) is 6.74. The van der Waals surface area contributed by atoms with Crippen LogP contribution < -0.4 is 9.80 Å². The van der Waals surface area contributed by atoms with Crippen LogP contribution in [0.5, 0.6) is 0 Å². The predicted octanol–water partition coefficient (Wildman–Crippen LogP) is 4.16. The first-order valence-electron chi connectivity index (χ1n) is 9.12. The van der Waals surface area contributed by atoms with Crippen molar-refractivity contribution in [3.8, 4) is 11.3 Å². The van der Waals surface area contributed by atoms with Crippen LogP contribution in [0.4, 0.5) is 33.6 Å². The standard InChI is InChI=1S/C20H16F5N5/c21-15-4-3-13(10-16(15)22)17-11-18(28-12-27-17)29-6-8-30(9-7-29)19-14(20(23,24)25)2-1-5-26-19/h1-5,10-12H,6-9H2. The number of hydrogen-bond acceptors (Lipinski definition) is 5. The van der Waals surface area contributed by atoms with E-state index in [4.69, 9.17) is 0 Å². The summed E-state index contributed by atoms with van der Waals surface area (Å²) in [6.07, 6.45) is -1.82. The summed E-state index contributed by atoms with van der Waals surface area (Å²) in [5, 5.41) is 0. The first-order chi connectivity index (χ1) is 14.3. The van der Waals surface area contributed by atoms with Crippen molar-refractivity contribution in [2.24, 2.45) is 0 Å². The molecule has 0 atom stereocenters. The lowest BCUT2D eigenvalue weighted by molar-refractivity contribution is -0.137. The van der Waals surface area contributed by atoms with Gasteiger partial charge in [-0.2, -0.15) is 13.2 Å². The molecule has 1 aliphatic heterocycles. The van der Waals surface area contributed by atoms with Crippen LogP contribution in [0.2, 0.25) is 0 Å². The molecule has 0 aliphatic carbocycles. The van der Waals surface area contributed by atoms with E-state index in [9.17, 15) is 22.0 Å². The van der Waals surface area contributed by atoms with Gasteiger partial charge in [0.2, 0.25) is 0 Å². The maximum absolute atomic E-state index is 13.5. The zero-order valence-electron chi connectivity index (χ0n) is 15.6.